The minimum atomic E-state index is -0.700. The van der Waals surface area contributed by atoms with Gasteiger partial charge in [-0.1, -0.05) is 34.1 Å². The average molecular weight is 476 g/mol. The predicted molar refractivity (Wildman–Crippen MR) is 114 cm³/mol. The Labute approximate surface area is 182 Å². The topological polar surface area (TPSA) is 114 Å². The molecule has 0 aliphatic heterocycles. The molecule has 2 aromatic rings. The van der Waals surface area contributed by atoms with Gasteiger partial charge < -0.3 is 10.1 Å². The van der Waals surface area contributed by atoms with Crippen molar-refractivity contribution in [3.8, 4) is 0 Å². The number of nitrogens with one attached hydrogen (secondary N) is 3. The largest absolute Gasteiger partial charge is 0.455 e. The minimum Gasteiger partial charge on any atom is -0.455 e. The number of hydrogen-bond acceptors (Lipinski definition) is 5. The third-order valence-electron chi connectivity index (χ3n) is 4.09. The molecule has 30 heavy (non-hydrogen) atoms. The van der Waals surface area contributed by atoms with E-state index in [2.05, 4.69) is 32.1 Å². The maximum Gasteiger partial charge on any atom is 0.306 e. The van der Waals surface area contributed by atoms with Crippen molar-refractivity contribution in [2.24, 2.45) is 0 Å². The van der Waals surface area contributed by atoms with Gasteiger partial charge in [0, 0.05) is 22.1 Å². The Bertz CT molecular complexity index is 924. The Morgan fingerprint density at radius 1 is 0.867 bits per heavy atom. The van der Waals surface area contributed by atoms with Gasteiger partial charge >= 0.3 is 5.97 Å². The van der Waals surface area contributed by atoms with E-state index in [1.165, 1.54) is 0 Å². The van der Waals surface area contributed by atoms with Crippen LogP contribution in [0, 0.1) is 13.8 Å². The Kier molecular flexibility index (Phi) is 8.54. The van der Waals surface area contributed by atoms with Crippen LogP contribution in [-0.2, 0) is 19.1 Å². The molecular formula is C21H22BrN3O5. The van der Waals surface area contributed by atoms with Crippen LogP contribution >= 0.6 is 15.9 Å². The van der Waals surface area contributed by atoms with Gasteiger partial charge in [0.15, 0.2) is 6.61 Å². The van der Waals surface area contributed by atoms with E-state index in [1.807, 2.05) is 32.0 Å². The summed E-state index contributed by atoms with van der Waals surface area (Å²) in [4.78, 5) is 47.4. The zero-order valence-corrected chi connectivity index (χ0v) is 18.2. The molecular weight excluding hydrogens is 454 g/mol. The van der Waals surface area contributed by atoms with Gasteiger partial charge in [-0.3, -0.25) is 30.0 Å². The lowest BCUT2D eigenvalue weighted by Gasteiger charge is -2.11. The standard InChI is InChI=1S/C21H22BrN3O5/c1-13-4-3-5-14(2)20(13)23-17(26)10-11-19(28)30-12-18(27)24-25-21(29)15-6-8-16(22)9-7-15/h3-9H,10-12H2,1-2H3,(H,23,26)(H,24,27)(H,25,29). The van der Waals surface area contributed by atoms with Crippen molar-refractivity contribution in [1.82, 2.24) is 10.9 Å². The molecule has 3 N–H and O–H groups in total. The van der Waals surface area contributed by atoms with Gasteiger partial charge in [0.1, 0.15) is 0 Å². The summed E-state index contributed by atoms with van der Waals surface area (Å²) in [6.45, 7) is 3.19. The van der Waals surface area contributed by atoms with E-state index in [9.17, 15) is 19.2 Å². The molecule has 0 fully saturated rings. The van der Waals surface area contributed by atoms with Gasteiger partial charge in [-0.2, -0.15) is 0 Å². The molecule has 0 heterocycles. The molecule has 2 aromatic carbocycles. The average Bonchev–Trinajstić information content (AvgIpc) is 2.72. The number of esters is 1. The monoisotopic (exact) mass is 475 g/mol. The fourth-order valence-electron chi connectivity index (χ4n) is 2.48. The predicted octanol–water partition coefficient (Wildman–Crippen LogP) is 2.79. The molecule has 0 saturated carbocycles. The normalized spacial score (nSPS) is 10.1. The van der Waals surface area contributed by atoms with E-state index in [1.54, 1.807) is 24.3 Å². The lowest BCUT2D eigenvalue weighted by Crippen LogP contribution is -2.43. The van der Waals surface area contributed by atoms with E-state index in [-0.39, 0.29) is 18.7 Å². The maximum atomic E-state index is 12.0. The number of halogens is 1. The first-order valence-corrected chi connectivity index (χ1v) is 9.92. The molecule has 0 unspecified atom stereocenters. The van der Waals surface area contributed by atoms with Crippen molar-refractivity contribution in [2.45, 2.75) is 26.7 Å². The number of rotatable bonds is 7. The minimum absolute atomic E-state index is 0.0749. The van der Waals surface area contributed by atoms with E-state index in [0.29, 0.717) is 5.56 Å². The number of aryl methyl sites for hydroxylation is 2. The summed E-state index contributed by atoms with van der Waals surface area (Å²) < 4.78 is 5.63. The summed E-state index contributed by atoms with van der Waals surface area (Å²) in [6.07, 6.45) is -0.246. The molecule has 3 amide bonds. The molecule has 0 spiro atoms. The smallest absolute Gasteiger partial charge is 0.306 e. The SMILES string of the molecule is Cc1cccc(C)c1NC(=O)CCC(=O)OCC(=O)NNC(=O)c1ccc(Br)cc1. The number of benzene rings is 2. The summed E-state index contributed by atoms with van der Waals surface area (Å²) in [5.74, 6) is -2.23. The van der Waals surface area contributed by atoms with Crippen molar-refractivity contribution < 1.29 is 23.9 Å². The lowest BCUT2D eigenvalue weighted by molar-refractivity contribution is -0.149. The third kappa shape index (κ3) is 7.32. The second-order valence-corrected chi connectivity index (χ2v) is 7.40. The molecule has 0 aliphatic rings. The lowest BCUT2D eigenvalue weighted by atomic mass is 10.1. The number of hydrazine groups is 1. The Balaban J connectivity index is 1.67. The van der Waals surface area contributed by atoms with Gasteiger partial charge in [0.05, 0.1) is 6.42 Å². The summed E-state index contributed by atoms with van der Waals surface area (Å²) in [5.41, 5.74) is 7.29. The van der Waals surface area contributed by atoms with Crippen LogP contribution in [0.15, 0.2) is 46.9 Å². The summed E-state index contributed by atoms with van der Waals surface area (Å²) in [7, 11) is 0. The fourth-order valence-corrected chi connectivity index (χ4v) is 2.75. The number of anilines is 1. The molecule has 0 radical (unpaired) electrons. The van der Waals surface area contributed by atoms with Gasteiger partial charge in [-0.05, 0) is 49.2 Å². The van der Waals surface area contributed by atoms with Gasteiger partial charge in [-0.25, -0.2) is 0 Å². The molecule has 0 bridgehead atoms. The highest BCUT2D eigenvalue weighted by Crippen LogP contribution is 2.19. The number of ether oxygens (including phenoxy) is 1. The summed E-state index contributed by atoms with van der Waals surface area (Å²) in [6, 6.07) is 12.2. The van der Waals surface area contributed by atoms with E-state index < -0.39 is 24.4 Å². The first-order chi connectivity index (χ1) is 14.3. The van der Waals surface area contributed by atoms with E-state index in [0.717, 1.165) is 21.3 Å². The van der Waals surface area contributed by atoms with Crippen LogP contribution in [0.5, 0.6) is 0 Å². The van der Waals surface area contributed by atoms with Gasteiger partial charge in [0.2, 0.25) is 5.91 Å². The number of carbonyl (C=O) groups is 4. The zero-order valence-electron chi connectivity index (χ0n) is 16.6. The fraction of sp³-hybridized carbons (Fsp3) is 0.238. The molecule has 9 heteroatoms. The molecule has 0 atom stereocenters. The van der Waals surface area contributed by atoms with Crippen LogP contribution in [0.3, 0.4) is 0 Å². The highest BCUT2D eigenvalue weighted by molar-refractivity contribution is 9.10. The molecule has 0 saturated heterocycles. The first kappa shape index (κ1) is 23.1. The molecule has 0 aromatic heterocycles. The first-order valence-electron chi connectivity index (χ1n) is 9.12. The highest BCUT2D eigenvalue weighted by Gasteiger charge is 2.13. The Hall–Kier alpha value is -3.20. The van der Waals surface area contributed by atoms with Crippen LogP contribution in [0.1, 0.15) is 34.3 Å². The van der Waals surface area contributed by atoms with Crippen molar-refractivity contribution in [3.63, 3.8) is 0 Å². The number of carbonyl (C=O) groups excluding carboxylic acids is 4. The van der Waals surface area contributed by atoms with Gasteiger partial charge in [0.25, 0.3) is 11.8 Å². The van der Waals surface area contributed by atoms with Gasteiger partial charge in [-0.15, -0.1) is 0 Å². The van der Waals surface area contributed by atoms with Crippen LogP contribution in [-0.4, -0.2) is 30.3 Å². The van der Waals surface area contributed by atoms with Crippen LogP contribution in [0.25, 0.3) is 0 Å². The van der Waals surface area contributed by atoms with Crippen molar-refractivity contribution in [2.75, 3.05) is 11.9 Å². The quantitative estimate of drug-likeness (QED) is 0.420. The molecule has 2 rings (SSSR count). The second-order valence-electron chi connectivity index (χ2n) is 6.48. The number of amides is 3. The van der Waals surface area contributed by atoms with Crippen LogP contribution in [0.4, 0.5) is 5.69 Å². The van der Waals surface area contributed by atoms with E-state index >= 15 is 0 Å². The number of hydrogen-bond donors (Lipinski definition) is 3. The van der Waals surface area contributed by atoms with Crippen molar-refractivity contribution in [3.05, 3.63) is 63.6 Å². The second kappa shape index (κ2) is 11.1. The third-order valence-corrected chi connectivity index (χ3v) is 4.62. The molecule has 8 nitrogen and oxygen atoms in total. The Morgan fingerprint density at radius 3 is 2.13 bits per heavy atom. The molecule has 0 aliphatic carbocycles. The van der Waals surface area contributed by atoms with E-state index in [4.69, 9.17) is 4.74 Å². The highest BCUT2D eigenvalue weighted by atomic mass is 79.9. The zero-order chi connectivity index (χ0) is 22.1. The maximum absolute atomic E-state index is 12.0. The summed E-state index contributed by atoms with van der Waals surface area (Å²) >= 11 is 3.26. The van der Waals surface area contributed by atoms with Crippen LogP contribution < -0.4 is 16.2 Å². The Morgan fingerprint density at radius 2 is 1.50 bits per heavy atom. The number of para-hydroxylation sites is 1. The van der Waals surface area contributed by atoms with Crippen LogP contribution in [0.2, 0.25) is 0 Å². The molecule has 158 valence electrons. The summed E-state index contributed by atoms with van der Waals surface area (Å²) in [5, 5.41) is 2.77. The van der Waals surface area contributed by atoms with Crippen molar-refractivity contribution in [1.29, 1.82) is 0 Å². The van der Waals surface area contributed by atoms with Crippen molar-refractivity contribution >= 4 is 45.3 Å².